The van der Waals surface area contributed by atoms with Crippen LogP contribution in [0.3, 0.4) is 0 Å². The Morgan fingerprint density at radius 3 is 2.68 bits per heavy atom. The van der Waals surface area contributed by atoms with Crippen molar-refractivity contribution in [3.8, 4) is 11.4 Å². The summed E-state index contributed by atoms with van der Waals surface area (Å²) in [6.45, 7) is 5.94. The lowest BCUT2D eigenvalue weighted by molar-refractivity contribution is 0.0519. The Kier molecular flexibility index (Phi) is 5.88. The molecule has 0 saturated heterocycles. The highest BCUT2D eigenvalue weighted by atomic mass is 16.5. The van der Waals surface area contributed by atoms with E-state index in [2.05, 4.69) is 20.3 Å². The van der Waals surface area contributed by atoms with Crippen molar-refractivity contribution in [1.29, 1.82) is 0 Å². The number of nitrogens with one attached hydrogen (secondary N) is 1. The van der Waals surface area contributed by atoms with Gasteiger partial charge in [-0.25, -0.2) is 19.7 Å². The molecule has 28 heavy (non-hydrogen) atoms. The van der Waals surface area contributed by atoms with Crippen LogP contribution < -0.4 is 10.1 Å². The quantitative estimate of drug-likeness (QED) is 0.627. The molecular formula is C20H23N5O3. The Labute approximate surface area is 163 Å². The number of aromatic nitrogens is 4. The van der Waals surface area contributed by atoms with Crippen molar-refractivity contribution in [2.45, 2.75) is 27.2 Å². The van der Waals surface area contributed by atoms with Gasteiger partial charge in [-0.15, -0.1) is 0 Å². The number of hydrogen-bond donors (Lipinski definition) is 1. The topological polar surface area (TPSA) is 91.2 Å². The average Bonchev–Trinajstić information content (AvgIpc) is 3.13. The SMILES string of the molecule is CCOC(=O)c1cc(CC)nc(Nc2ccc(-n3cnc(C)c3)c(OC)c2)n1. The zero-order valence-electron chi connectivity index (χ0n) is 16.4. The van der Waals surface area contributed by atoms with Crippen molar-refractivity contribution < 1.29 is 14.3 Å². The Balaban J connectivity index is 1.91. The second kappa shape index (κ2) is 8.51. The molecule has 1 N–H and O–H groups in total. The minimum atomic E-state index is -0.467. The van der Waals surface area contributed by atoms with E-state index < -0.39 is 5.97 Å². The first-order valence-corrected chi connectivity index (χ1v) is 9.05. The maximum absolute atomic E-state index is 12.1. The van der Waals surface area contributed by atoms with E-state index in [4.69, 9.17) is 9.47 Å². The number of hydrogen-bond acceptors (Lipinski definition) is 7. The molecule has 0 unspecified atom stereocenters. The normalized spacial score (nSPS) is 10.6. The second-order valence-corrected chi connectivity index (χ2v) is 6.08. The fraction of sp³-hybridized carbons (Fsp3) is 0.300. The van der Waals surface area contributed by atoms with Crippen molar-refractivity contribution >= 4 is 17.6 Å². The summed E-state index contributed by atoms with van der Waals surface area (Å²) in [5.41, 5.74) is 3.50. The predicted molar refractivity (Wildman–Crippen MR) is 106 cm³/mol. The summed E-state index contributed by atoms with van der Waals surface area (Å²) in [6, 6.07) is 7.29. The van der Waals surface area contributed by atoms with Crippen LogP contribution in [-0.4, -0.2) is 39.2 Å². The van der Waals surface area contributed by atoms with Gasteiger partial charge in [0.05, 0.1) is 31.4 Å². The smallest absolute Gasteiger partial charge is 0.357 e. The molecule has 0 aliphatic carbocycles. The lowest BCUT2D eigenvalue weighted by Crippen LogP contribution is -2.11. The van der Waals surface area contributed by atoms with E-state index in [0.717, 1.165) is 22.8 Å². The molecule has 0 radical (unpaired) electrons. The van der Waals surface area contributed by atoms with E-state index in [-0.39, 0.29) is 5.69 Å². The van der Waals surface area contributed by atoms with E-state index in [1.807, 2.05) is 42.8 Å². The molecule has 0 spiro atoms. The van der Waals surface area contributed by atoms with E-state index >= 15 is 0 Å². The van der Waals surface area contributed by atoms with Gasteiger partial charge in [-0.3, -0.25) is 0 Å². The predicted octanol–water partition coefficient (Wildman–Crippen LogP) is 3.46. The Morgan fingerprint density at radius 2 is 2.04 bits per heavy atom. The molecule has 3 aromatic rings. The van der Waals surface area contributed by atoms with Gasteiger partial charge in [0.25, 0.3) is 0 Å². The maximum atomic E-state index is 12.1. The van der Waals surface area contributed by atoms with Gasteiger partial charge in [0.2, 0.25) is 5.95 Å². The maximum Gasteiger partial charge on any atom is 0.357 e. The third-order valence-electron chi connectivity index (χ3n) is 4.05. The largest absolute Gasteiger partial charge is 0.494 e. The number of rotatable bonds is 7. The number of carbonyl (C=O) groups excluding carboxylic acids is 1. The van der Waals surface area contributed by atoms with Crippen LogP contribution in [0.4, 0.5) is 11.6 Å². The Morgan fingerprint density at radius 1 is 1.21 bits per heavy atom. The van der Waals surface area contributed by atoms with Crippen LogP contribution in [0.15, 0.2) is 36.8 Å². The first-order chi connectivity index (χ1) is 13.5. The standard InChI is InChI=1S/C20H23N5O3/c1-5-14-9-16(19(26)28-6-2)24-20(22-14)23-15-7-8-17(18(10-15)27-4)25-11-13(3)21-12-25/h7-12H,5-6H2,1-4H3,(H,22,23,24). The van der Waals surface area contributed by atoms with E-state index in [1.165, 1.54) is 0 Å². The van der Waals surface area contributed by atoms with E-state index in [9.17, 15) is 4.79 Å². The van der Waals surface area contributed by atoms with Gasteiger partial charge >= 0.3 is 5.97 Å². The zero-order valence-corrected chi connectivity index (χ0v) is 16.4. The summed E-state index contributed by atoms with van der Waals surface area (Å²) < 4.78 is 12.5. The van der Waals surface area contributed by atoms with Crippen LogP contribution >= 0.6 is 0 Å². The van der Waals surface area contributed by atoms with Gasteiger partial charge in [-0.2, -0.15) is 0 Å². The molecule has 1 aromatic carbocycles. The summed E-state index contributed by atoms with van der Waals surface area (Å²) in [4.78, 5) is 25.0. The zero-order chi connectivity index (χ0) is 20.1. The third kappa shape index (κ3) is 4.28. The van der Waals surface area contributed by atoms with Crippen LogP contribution in [-0.2, 0) is 11.2 Å². The third-order valence-corrected chi connectivity index (χ3v) is 4.05. The van der Waals surface area contributed by atoms with Crippen molar-refractivity contribution in [2.24, 2.45) is 0 Å². The first-order valence-electron chi connectivity index (χ1n) is 9.05. The number of esters is 1. The van der Waals surface area contributed by atoms with E-state index in [1.54, 1.807) is 26.4 Å². The molecule has 0 atom stereocenters. The Hall–Kier alpha value is -3.42. The van der Waals surface area contributed by atoms with E-state index in [0.29, 0.717) is 24.7 Å². The molecule has 8 nitrogen and oxygen atoms in total. The van der Waals surface area contributed by atoms with Crippen molar-refractivity contribution in [1.82, 2.24) is 19.5 Å². The van der Waals surface area contributed by atoms with Gasteiger partial charge in [-0.05, 0) is 38.5 Å². The fourth-order valence-electron chi connectivity index (χ4n) is 2.69. The molecule has 0 bridgehead atoms. The molecule has 3 rings (SSSR count). The Bertz CT molecular complexity index is 984. The molecule has 146 valence electrons. The summed E-state index contributed by atoms with van der Waals surface area (Å²) >= 11 is 0. The lowest BCUT2D eigenvalue weighted by atomic mass is 10.2. The molecule has 2 heterocycles. The van der Waals surface area contributed by atoms with Gasteiger partial charge < -0.3 is 19.4 Å². The summed E-state index contributed by atoms with van der Waals surface area (Å²) in [7, 11) is 1.61. The van der Waals surface area contributed by atoms with Crippen molar-refractivity contribution in [2.75, 3.05) is 19.0 Å². The highest BCUT2D eigenvalue weighted by molar-refractivity contribution is 5.87. The second-order valence-electron chi connectivity index (χ2n) is 6.08. The molecule has 8 heteroatoms. The highest BCUT2D eigenvalue weighted by Gasteiger charge is 2.13. The van der Waals surface area contributed by atoms with Crippen LogP contribution in [0.5, 0.6) is 5.75 Å². The van der Waals surface area contributed by atoms with Gasteiger partial charge in [0, 0.05) is 23.6 Å². The number of carbonyl (C=O) groups is 1. The average molecular weight is 381 g/mol. The molecular weight excluding hydrogens is 358 g/mol. The number of anilines is 2. The first kappa shape index (κ1) is 19.3. The van der Waals surface area contributed by atoms with Crippen LogP contribution in [0.25, 0.3) is 5.69 Å². The number of methoxy groups -OCH3 is 1. The highest BCUT2D eigenvalue weighted by Crippen LogP contribution is 2.28. The summed E-state index contributed by atoms with van der Waals surface area (Å²) in [5, 5.41) is 3.14. The van der Waals surface area contributed by atoms with Gasteiger partial charge in [0.15, 0.2) is 5.69 Å². The molecule has 0 aliphatic rings. The number of benzene rings is 1. The van der Waals surface area contributed by atoms with Gasteiger partial charge in [-0.1, -0.05) is 6.92 Å². The summed E-state index contributed by atoms with van der Waals surface area (Å²) in [6.07, 6.45) is 4.33. The van der Waals surface area contributed by atoms with Crippen LogP contribution in [0.2, 0.25) is 0 Å². The molecule has 0 aliphatic heterocycles. The molecule has 0 amide bonds. The van der Waals surface area contributed by atoms with Crippen LogP contribution in [0.1, 0.15) is 35.7 Å². The minimum Gasteiger partial charge on any atom is -0.494 e. The number of ether oxygens (including phenoxy) is 2. The number of nitrogens with zero attached hydrogens (tertiary/aromatic N) is 4. The lowest BCUT2D eigenvalue weighted by Gasteiger charge is -2.13. The molecule has 0 fully saturated rings. The van der Waals surface area contributed by atoms with Gasteiger partial charge in [0.1, 0.15) is 5.75 Å². The monoisotopic (exact) mass is 381 g/mol. The van der Waals surface area contributed by atoms with Crippen molar-refractivity contribution in [3.05, 3.63) is 53.9 Å². The number of imidazole rings is 1. The summed E-state index contributed by atoms with van der Waals surface area (Å²) in [5.74, 6) is 0.529. The molecule has 0 saturated carbocycles. The van der Waals surface area contributed by atoms with Crippen LogP contribution in [0, 0.1) is 6.92 Å². The minimum absolute atomic E-state index is 0.230. The molecule has 2 aromatic heterocycles. The number of aryl methyl sites for hydroxylation is 2. The van der Waals surface area contributed by atoms with Crippen molar-refractivity contribution in [3.63, 3.8) is 0 Å². The fourth-order valence-corrected chi connectivity index (χ4v) is 2.69.